The molecule has 0 saturated carbocycles. The lowest BCUT2D eigenvalue weighted by molar-refractivity contribution is -0.141. The Bertz CT molecular complexity index is 224. The van der Waals surface area contributed by atoms with Gasteiger partial charge in [-0.15, -0.1) is 0 Å². The molecule has 2 aliphatic heterocycles. The number of rotatable bonds is 4. The average molecular weight is 211 g/mol. The highest BCUT2D eigenvalue weighted by Gasteiger charge is 2.38. The molecule has 3 heteroatoms. The first kappa shape index (κ1) is 10.9. The molecule has 0 aliphatic carbocycles. The summed E-state index contributed by atoms with van der Waals surface area (Å²) in [5.41, 5.74) is 0. The third-order valence-corrected chi connectivity index (χ3v) is 3.54. The van der Waals surface area contributed by atoms with Gasteiger partial charge in [0.25, 0.3) is 0 Å². The van der Waals surface area contributed by atoms with E-state index in [1.54, 1.807) is 0 Å². The second-order valence-electron chi connectivity index (χ2n) is 4.69. The number of nitrogens with zero attached hydrogens (tertiary/aromatic N) is 1. The minimum absolute atomic E-state index is 0.00741. The topological polar surface area (TPSA) is 29.5 Å². The molecule has 2 atom stereocenters. The summed E-state index contributed by atoms with van der Waals surface area (Å²) in [6, 6.07) is 0.381. The maximum Gasteiger partial charge on any atom is 0.307 e. The Morgan fingerprint density at radius 1 is 1.40 bits per heavy atom. The fraction of sp³-hybridized carbons (Fsp3) is 0.917. The number of unbranched alkanes of at least 4 members (excludes halogenated alkanes) is 1. The highest BCUT2D eigenvalue weighted by molar-refractivity contribution is 5.72. The van der Waals surface area contributed by atoms with Gasteiger partial charge in [0.2, 0.25) is 0 Å². The lowest BCUT2D eigenvalue weighted by Gasteiger charge is -2.26. The standard InChI is InChI=1S/C12H21NO2/c1-2-3-6-11-10(9-12(14)15-11)13-7-4-5-8-13/h10-11H,2-9H2,1H3/t10-,11+/m1/s1. The van der Waals surface area contributed by atoms with Crippen molar-refractivity contribution < 1.29 is 9.53 Å². The Morgan fingerprint density at radius 3 is 2.80 bits per heavy atom. The number of ether oxygens (including phenoxy) is 1. The number of carbonyl (C=O) groups is 1. The second kappa shape index (κ2) is 4.97. The van der Waals surface area contributed by atoms with Crippen LogP contribution in [-0.4, -0.2) is 36.1 Å². The lowest BCUT2D eigenvalue weighted by atomic mass is 10.0. The SMILES string of the molecule is CCCC[C@@H]1OC(=O)C[C@H]1N1CCCC1. The normalized spacial score (nSPS) is 32.2. The van der Waals surface area contributed by atoms with Gasteiger partial charge in [-0.1, -0.05) is 13.3 Å². The first-order valence-corrected chi connectivity index (χ1v) is 6.25. The van der Waals surface area contributed by atoms with Gasteiger partial charge in [0.05, 0.1) is 12.5 Å². The molecule has 0 aromatic rings. The highest BCUT2D eigenvalue weighted by atomic mass is 16.6. The Morgan fingerprint density at radius 2 is 2.13 bits per heavy atom. The molecule has 0 bridgehead atoms. The minimum atomic E-state index is 0.00741. The van der Waals surface area contributed by atoms with Crippen LogP contribution in [-0.2, 0) is 9.53 Å². The molecule has 0 unspecified atom stereocenters. The number of likely N-dealkylation sites (tertiary alicyclic amines) is 1. The molecule has 0 radical (unpaired) electrons. The molecule has 2 heterocycles. The number of hydrogen-bond acceptors (Lipinski definition) is 3. The molecule has 2 rings (SSSR count). The van der Waals surface area contributed by atoms with Crippen LogP contribution >= 0.6 is 0 Å². The van der Waals surface area contributed by atoms with E-state index in [1.807, 2.05) is 0 Å². The van der Waals surface area contributed by atoms with E-state index in [9.17, 15) is 4.79 Å². The van der Waals surface area contributed by atoms with Gasteiger partial charge in [-0.2, -0.15) is 0 Å². The molecule has 2 saturated heterocycles. The van der Waals surface area contributed by atoms with Gasteiger partial charge in [-0.05, 0) is 38.8 Å². The Balaban J connectivity index is 1.91. The molecule has 0 N–H and O–H groups in total. The van der Waals surface area contributed by atoms with Crippen molar-refractivity contribution in [1.82, 2.24) is 4.90 Å². The van der Waals surface area contributed by atoms with Crippen LogP contribution in [0.25, 0.3) is 0 Å². The summed E-state index contributed by atoms with van der Waals surface area (Å²) in [7, 11) is 0. The Hall–Kier alpha value is -0.570. The molecule has 86 valence electrons. The van der Waals surface area contributed by atoms with Crippen LogP contribution in [0.15, 0.2) is 0 Å². The van der Waals surface area contributed by atoms with Crippen LogP contribution in [0, 0.1) is 0 Å². The van der Waals surface area contributed by atoms with E-state index in [0.29, 0.717) is 12.5 Å². The number of cyclic esters (lactones) is 1. The molecule has 3 nitrogen and oxygen atoms in total. The Labute approximate surface area is 91.8 Å². The smallest absolute Gasteiger partial charge is 0.307 e. The van der Waals surface area contributed by atoms with E-state index < -0.39 is 0 Å². The van der Waals surface area contributed by atoms with Crippen LogP contribution in [0.2, 0.25) is 0 Å². The summed E-state index contributed by atoms with van der Waals surface area (Å²) < 4.78 is 5.41. The van der Waals surface area contributed by atoms with Crippen molar-refractivity contribution in [2.24, 2.45) is 0 Å². The van der Waals surface area contributed by atoms with Crippen molar-refractivity contribution in [1.29, 1.82) is 0 Å². The first-order valence-electron chi connectivity index (χ1n) is 6.25. The van der Waals surface area contributed by atoms with Crippen molar-refractivity contribution >= 4 is 5.97 Å². The lowest BCUT2D eigenvalue weighted by Crippen LogP contribution is -2.38. The number of hydrogen-bond donors (Lipinski definition) is 0. The summed E-state index contributed by atoms with van der Waals surface area (Å²) in [4.78, 5) is 13.8. The molecule has 2 fully saturated rings. The average Bonchev–Trinajstić information content (AvgIpc) is 2.83. The molecule has 0 amide bonds. The summed E-state index contributed by atoms with van der Waals surface area (Å²) in [5.74, 6) is 0.00741. The van der Waals surface area contributed by atoms with Crippen LogP contribution in [0.4, 0.5) is 0 Å². The van der Waals surface area contributed by atoms with E-state index in [0.717, 1.165) is 19.5 Å². The summed E-state index contributed by atoms with van der Waals surface area (Å²) in [5, 5.41) is 0. The zero-order chi connectivity index (χ0) is 10.7. The minimum Gasteiger partial charge on any atom is -0.461 e. The van der Waals surface area contributed by atoms with Crippen molar-refractivity contribution in [2.45, 2.75) is 57.6 Å². The van der Waals surface area contributed by atoms with Gasteiger partial charge in [-0.3, -0.25) is 9.69 Å². The zero-order valence-electron chi connectivity index (χ0n) is 9.58. The van der Waals surface area contributed by atoms with E-state index in [2.05, 4.69) is 11.8 Å². The predicted molar refractivity (Wildman–Crippen MR) is 58.6 cm³/mol. The summed E-state index contributed by atoms with van der Waals surface area (Å²) in [6.45, 7) is 4.50. The van der Waals surface area contributed by atoms with Crippen molar-refractivity contribution in [3.8, 4) is 0 Å². The molecule has 15 heavy (non-hydrogen) atoms. The monoisotopic (exact) mass is 211 g/mol. The molecular formula is C12H21NO2. The van der Waals surface area contributed by atoms with Crippen LogP contribution in [0.5, 0.6) is 0 Å². The molecule has 0 aromatic heterocycles. The molecule has 0 aromatic carbocycles. The summed E-state index contributed by atoms with van der Waals surface area (Å²) in [6.07, 6.45) is 6.76. The fourth-order valence-electron chi connectivity index (χ4n) is 2.69. The van der Waals surface area contributed by atoms with Crippen molar-refractivity contribution in [3.05, 3.63) is 0 Å². The van der Waals surface area contributed by atoms with E-state index in [1.165, 1.54) is 25.7 Å². The summed E-state index contributed by atoms with van der Waals surface area (Å²) >= 11 is 0. The largest absolute Gasteiger partial charge is 0.461 e. The van der Waals surface area contributed by atoms with Gasteiger partial charge in [0, 0.05) is 0 Å². The second-order valence-corrected chi connectivity index (χ2v) is 4.69. The molecular weight excluding hydrogens is 190 g/mol. The van der Waals surface area contributed by atoms with Crippen LogP contribution in [0.3, 0.4) is 0 Å². The third kappa shape index (κ3) is 2.51. The van der Waals surface area contributed by atoms with Crippen molar-refractivity contribution in [2.75, 3.05) is 13.1 Å². The quantitative estimate of drug-likeness (QED) is 0.666. The van der Waals surface area contributed by atoms with E-state index in [-0.39, 0.29) is 12.1 Å². The van der Waals surface area contributed by atoms with Crippen LogP contribution < -0.4 is 0 Å². The van der Waals surface area contributed by atoms with E-state index in [4.69, 9.17) is 4.74 Å². The predicted octanol–water partition coefficient (Wildman–Crippen LogP) is 1.96. The highest BCUT2D eigenvalue weighted by Crippen LogP contribution is 2.27. The zero-order valence-corrected chi connectivity index (χ0v) is 9.58. The van der Waals surface area contributed by atoms with Gasteiger partial charge in [0.1, 0.15) is 6.10 Å². The molecule has 2 aliphatic rings. The fourth-order valence-corrected chi connectivity index (χ4v) is 2.69. The van der Waals surface area contributed by atoms with Crippen LogP contribution in [0.1, 0.15) is 45.4 Å². The van der Waals surface area contributed by atoms with Gasteiger partial charge in [-0.25, -0.2) is 0 Å². The Kier molecular flexibility index (Phi) is 3.62. The number of esters is 1. The maximum atomic E-state index is 11.3. The third-order valence-electron chi connectivity index (χ3n) is 3.54. The van der Waals surface area contributed by atoms with Gasteiger partial charge in [0.15, 0.2) is 0 Å². The maximum absolute atomic E-state index is 11.3. The van der Waals surface area contributed by atoms with Crippen molar-refractivity contribution in [3.63, 3.8) is 0 Å². The molecule has 0 spiro atoms. The first-order chi connectivity index (χ1) is 7.31. The van der Waals surface area contributed by atoms with E-state index >= 15 is 0 Å². The van der Waals surface area contributed by atoms with Gasteiger partial charge < -0.3 is 4.74 Å². The number of carbonyl (C=O) groups excluding carboxylic acids is 1. The van der Waals surface area contributed by atoms with Gasteiger partial charge >= 0.3 is 5.97 Å².